The Kier molecular flexibility index (Phi) is 29.3. The molecule has 10 atom stereocenters. The summed E-state index contributed by atoms with van der Waals surface area (Å²) in [6.45, 7) is 40.8. The fourth-order valence-corrected chi connectivity index (χ4v) is 12.0. The molecule has 0 heterocycles. The van der Waals surface area contributed by atoms with Gasteiger partial charge < -0.3 is 57.2 Å². The van der Waals surface area contributed by atoms with E-state index in [0.29, 0.717) is 125 Å². The van der Waals surface area contributed by atoms with Gasteiger partial charge in [-0.05, 0) is 195 Å². The molecule has 3 aromatic rings. The molecule has 0 amide bonds. The second kappa shape index (κ2) is 34.4. The Balaban J connectivity index is 1.64. The summed E-state index contributed by atoms with van der Waals surface area (Å²) in [6.07, 6.45) is 15.2. The Hall–Kier alpha value is -4.08. The van der Waals surface area contributed by atoms with Crippen molar-refractivity contribution in [1.82, 2.24) is 0 Å². The van der Waals surface area contributed by atoms with Gasteiger partial charge in [0.1, 0.15) is 37.5 Å². The number of fused-ring (bicyclic) bond motifs is 2. The zero-order valence-electron chi connectivity index (χ0n) is 60.1. The smallest absolute Gasteiger partial charge is 0.123 e. The van der Waals surface area contributed by atoms with Crippen molar-refractivity contribution in [2.75, 3.05) is 74.2 Å². The standard InChI is InChI=1S/C77H123BO12/c1-21-56(9)31-37-87-72(13,24-4)32-38-85-64-46-59(47-65(51-64)86-54-76(17,28-8)90-55-75(16,27-7)82-20)53-77(67-48-60(78)29-30-66(67)69-57(10)43-61(79)49-68(69)77)52-58-44-62(83-39-33-73(14,25-5)88-41-35-70(11,22-2)80-18)50-63(45-58)84-40-34-74(15,26-6)89-42-36-71(12,23-3)81-19/h29-30,43-48,50-51,56-57,79H,21-28,31-42,49,52-55H2,1-20H3. The number of aliphatic hydroxyl groups excluding tert-OH is 1. The van der Waals surface area contributed by atoms with Crippen LogP contribution in [0.5, 0.6) is 23.0 Å². The van der Waals surface area contributed by atoms with Gasteiger partial charge in [0.25, 0.3) is 0 Å². The van der Waals surface area contributed by atoms with Crippen molar-refractivity contribution in [1.29, 1.82) is 0 Å². The fraction of sp³-hybridized carbons (Fsp3) is 0.714. The van der Waals surface area contributed by atoms with Gasteiger partial charge in [0.15, 0.2) is 0 Å². The van der Waals surface area contributed by atoms with Crippen molar-refractivity contribution >= 4 is 18.9 Å². The summed E-state index contributed by atoms with van der Waals surface area (Å²) in [4.78, 5) is 0. The van der Waals surface area contributed by atoms with Crippen LogP contribution >= 0.6 is 0 Å². The van der Waals surface area contributed by atoms with E-state index in [0.717, 1.165) is 99.3 Å². The van der Waals surface area contributed by atoms with E-state index in [9.17, 15) is 5.11 Å². The van der Waals surface area contributed by atoms with Gasteiger partial charge in [0.05, 0.1) is 84.6 Å². The minimum atomic E-state index is -0.716. The predicted molar refractivity (Wildman–Crippen MR) is 370 cm³/mol. The summed E-state index contributed by atoms with van der Waals surface area (Å²) >= 11 is 0. The molecule has 0 spiro atoms. The SMILES string of the molecule is [B]c1ccc2c(c1)C(Cc1cc(OCCC(C)(CC)OCCC(C)(CC)OC)cc(OCCC(C)(CC)OCCC(C)(CC)OC)c1)(Cc1cc(OCCC(C)(CC)OCCC(C)CC)cc(OCC(C)(CC)OCC(C)(CC)OC)c1)C1=C2C(C)C=C(O)C1. The second-order valence-electron chi connectivity index (χ2n) is 28.3. The van der Waals surface area contributed by atoms with Gasteiger partial charge in [0.2, 0.25) is 0 Å². The van der Waals surface area contributed by atoms with Crippen LogP contribution in [0.4, 0.5) is 0 Å². The highest BCUT2D eigenvalue weighted by molar-refractivity contribution is 6.32. The lowest BCUT2D eigenvalue weighted by Crippen LogP contribution is -2.42. The molecule has 90 heavy (non-hydrogen) atoms. The molecule has 2 aliphatic rings. The second-order valence-corrected chi connectivity index (χ2v) is 28.3. The number of hydrogen-bond donors (Lipinski definition) is 1. The molecule has 0 aliphatic heterocycles. The van der Waals surface area contributed by atoms with Gasteiger partial charge in [0, 0.05) is 77.1 Å². The first-order valence-corrected chi connectivity index (χ1v) is 34.6. The maximum Gasteiger partial charge on any atom is 0.123 e. The van der Waals surface area contributed by atoms with Crippen LogP contribution < -0.4 is 24.4 Å². The summed E-state index contributed by atoms with van der Waals surface area (Å²) < 4.78 is 71.8. The zero-order chi connectivity index (χ0) is 66.6. The lowest BCUT2D eigenvalue weighted by Gasteiger charge is -2.37. The van der Waals surface area contributed by atoms with Crippen LogP contribution in [-0.2, 0) is 51.4 Å². The predicted octanol–water partition coefficient (Wildman–Crippen LogP) is 17.5. The lowest BCUT2D eigenvalue weighted by molar-refractivity contribution is -0.134. The van der Waals surface area contributed by atoms with Gasteiger partial charge >= 0.3 is 0 Å². The number of hydrogen-bond acceptors (Lipinski definition) is 12. The first-order valence-electron chi connectivity index (χ1n) is 34.6. The largest absolute Gasteiger partial charge is 0.512 e. The van der Waals surface area contributed by atoms with Crippen LogP contribution in [0.1, 0.15) is 236 Å². The molecule has 3 aromatic carbocycles. The quantitative estimate of drug-likeness (QED) is 0.0542. The number of aliphatic hydroxyl groups is 1. The Morgan fingerprint density at radius 3 is 1.32 bits per heavy atom. The number of ether oxygens (including phenoxy) is 11. The van der Waals surface area contributed by atoms with Crippen molar-refractivity contribution in [3.05, 3.63) is 94.3 Å². The molecule has 2 radical (unpaired) electrons. The highest BCUT2D eigenvalue weighted by Gasteiger charge is 2.48. The van der Waals surface area contributed by atoms with E-state index in [1.54, 1.807) is 21.3 Å². The van der Waals surface area contributed by atoms with Crippen molar-refractivity contribution in [3.63, 3.8) is 0 Å². The molecule has 0 bridgehead atoms. The van der Waals surface area contributed by atoms with Gasteiger partial charge in [-0.25, -0.2) is 0 Å². The van der Waals surface area contributed by atoms with Crippen molar-refractivity contribution in [2.24, 2.45) is 11.8 Å². The highest BCUT2D eigenvalue weighted by atomic mass is 16.6. The summed E-state index contributed by atoms with van der Waals surface area (Å²) in [7, 11) is 12.2. The first-order chi connectivity index (χ1) is 42.6. The maximum absolute atomic E-state index is 11.8. The maximum atomic E-state index is 11.8. The highest BCUT2D eigenvalue weighted by Crippen LogP contribution is 2.56. The Morgan fingerprint density at radius 1 is 0.500 bits per heavy atom. The molecule has 5 rings (SSSR count). The number of rotatable bonds is 45. The first kappa shape index (κ1) is 76.6. The van der Waals surface area contributed by atoms with E-state index in [1.165, 1.54) is 11.1 Å². The molecule has 2 aliphatic carbocycles. The zero-order valence-corrected chi connectivity index (χ0v) is 60.1. The average Bonchev–Trinajstić information content (AvgIpc) is 1.57. The summed E-state index contributed by atoms with van der Waals surface area (Å²) in [5.74, 6) is 3.72. The molecule has 0 fully saturated rings. The summed E-state index contributed by atoms with van der Waals surface area (Å²) in [5, 5.41) is 11.8. The Morgan fingerprint density at radius 2 is 0.911 bits per heavy atom. The van der Waals surface area contributed by atoms with Gasteiger partial charge in [-0.15, -0.1) is 0 Å². The normalized spacial score (nSPS) is 20.8. The van der Waals surface area contributed by atoms with E-state index in [1.807, 2.05) is 24.3 Å². The van der Waals surface area contributed by atoms with Crippen LogP contribution in [-0.4, -0.2) is 126 Å². The number of methoxy groups -OCH3 is 3. The third-order valence-electron chi connectivity index (χ3n) is 21.5. The minimum absolute atomic E-state index is 0.0552. The molecular weight excluding hydrogens is 1130 g/mol. The molecule has 12 nitrogen and oxygen atoms in total. The molecule has 506 valence electrons. The van der Waals surface area contributed by atoms with Gasteiger partial charge in [-0.3, -0.25) is 0 Å². The molecule has 0 saturated heterocycles. The molecule has 0 aromatic heterocycles. The molecular formula is C77H123BO12. The van der Waals surface area contributed by atoms with E-state index in [-0.39, 0.29) is 22.7 Å². The topological polar surface area (TPSA) is 122 Å². The third kappa shape index (κ3) is 21.5. The van der Waals surface area contributed by atoms with E-state index < -0.39 is 27.8 Å². The lowest BCUT2D eigenvalue weighted by atomic mass is 9.66. The monoisotopic (exact) mass is 1250 g/mol. The van der Waals surface area contributed by atoms with Crippen molar-refractivity contribution in [2.45, 2.75) is 271 Å². The van der Waals surface area contributed by atoms with E-state index in [4.69, 9.17) is 60.0 Å². The Bertz CT molecular complexity index is 2670. The molecule has 10 unspecified atom stereocenters. The molecule has 13 heteroatoms. The van der Waals surface area contributed by atoms with Crippen molar-refractivity contribution in [3.8, 4) is 23.0 Å². The minimum Gasteiger partial charge on any atom is -0.512 e. The van der Waals surface area contributed by atoms with Crippen LogP contribution in [0.25, 0.3) is 5.57 Å². The van der Waals surface area contributed by atoms with Crippen LogP contribution in [0.2, 0.25) is 0 Å². The van der Waals surface area contributed by atoms with Gasteiger partial charge in [-0.1, -0.05) is 99.3 Å². The molecule has 0 saturated carbocycles. The number of benzene rings is 3. The molecule has 1 N–H and O–H groups in total. The Labute approximate surface area is 548 Å². The average molecular weight is 1250 g/mol. The van der Waals surface area contributed by atoms with Crippen LogP contribution in [0.15, 0.2) is 72.0 Å². The van der Waals surface area contributed by atoms with Gasteiger partial charge in [-0.2, -0.15) is 0 Å². The van der Waals surface area contributed by atoms with Crippen LogP contribution in [0, 0.1) is 11.8 Å². The fourth-order valence-electron chi connectivity index (χ4n) is 12.0. The van der Waals surface area contributed by atoms with Crippen LogP contribution in [0.3, 0.4) is 0 Å². The van der Waals surface area contributed by atoms with Crippen molar-refractivity contribution < 1.29 is 57.2 Å². The summed E-state index contributed by atoms with van der Waals surface area (Å²) in [5.41, 5.74) is 3.98. The summed E-state index contributed by atoms with van der Waals surface area (Å²) in [6, 6.07) is 19.1. The number of allylic oxidation sites excluding steroid dienone is 3. The van der Waals surface area contributed by atoms with E-state index >= 15 is 0 Å². The third-order valence-corrected chi connectivity index (χ3v) is 21.5. The van der Waals surface area contributed by atoms with E-state index in [2.05, 4.69) is 154 Å².